The van der Waals surface area contributed by atoms with Crippen molar-refractivity contribution < 1.29 is 9.84 Å². The van der Waals surface area contributed by atoms with Crippen LogP contribution in [0.1, 0.15) is 37.3 Å². The van der Waals surface area contributed by atoms with Crippen molar-refractivity contribution in [3.05, 3.63) is 42.0 Å². The van der Waals surface area contributed by atoms with Crippen LogP contribution in [-0.4, -0.2) is 27.0 Å². The van der Waals surface area contributed by atoms with Gasteiger partial charge in [-0.05, 0) is 19.9 Å². The third-order valence-corrected chi connectivity index (χ3v) is 2.77. The van der Waals surface area contributed by atoms with Crippen molar-refractivity contribution >= 4 is 0 Å². The van der Waals surface area contributed by atoms with Crippen LogP contribution in [0.4, 0.5) is 0 Å². The van der Waals surface area contributed by atoms with Gasteiger partial charge in [-0.25, -0.2) is 0 Å². The average Bonchev–Trinajstić information content (AvgIpc) is 2.82. The highest BCUT2D eigenvalue weighted by atomic mass is 16.5. The van der Waals surface area contributed by atoms with Crippen molar-refractivity contribution in [2.45, 2.75) is 26.0 Å². The molecular formula is C13H17N3O2. The second-order valence-electron chi connectivity index (χ2n) is 4.33. The Labute approximate surface area is 106 Å². The fraction of sp³-hybridized carbons (Fsp3) is 0.385. The zero-order valence-electron chi connectivity index (χ0n) is 10.7. The Hall–Kier alpha value is -1.88. The summed E-state index contributed by atoms with van der Waals surface area (Å²) in [6.45, 7) is 4.01. The molecule has 1 unspecified atom stereocenters. The van der Waals surface area contributed by atoms with Crippen LogP contribution in [-0.2, 0) is 0 Å². The van der Waals surface area contributed by atoms with Crippen molar-refractivity contribution in [1.29, 1.82) is 0 Å². The third-order valence-electron chi connectivity index (χ3n) is 2.77. The van der Waals surface area contributed by atoms with Gasteiger partial charge in [0.15, 0.2) is 5.75 Å². The lowest BCUT2D eigenvalue weighted by Gasteiger charge is -2.17. The quantitative estimate of drug-likeness (QED) is 0.897. The zero-order valence-corrected chi connectivity index (χ0v) is 10.7. The number of hydrogen-bond donors (Lipinski definition) is 1. The molecule has 0 radical (unpaired) electrons. The first-order chi connectivity index (χ1) is 8.65. The smallest absolute Gasteiger partial charge is 0.163 e. The topological polar surface area (TPSA) is 60.2 Å². The maximum Gasteiger partial charge on any atom is 0.163 e. The summed E-state index contributed by atoms with van der Waals surface area (Å²) in [5.41, 5.74) is 1.37. The predicted octanol–water partition coefficient (Wildman–Crippen LogP) is 1.95. The van der Waals surface area contributed by atoms with E-state index in [-0.39, 0.29) is 6.04 Å². The number of rotatable bonds is 4. The molecule has 18 heavy (non-hydrogen) atoms. The van der Waals surface area contributed by atoms with Gasteiger partial charge in [0.05, 0.1) is 13.3 Å². The van der Waals surface area contributed by atoms with Gasteiger partial charge in [0.25, 0.3) is 0 Å². The standard InChI is InChI=1S/C13H17N3O2/c1-9(2)16-12(11(18-3)8-15-16)13(17)10-5-4-6-14-7-10/h4-9,13,17H,1-3H3. The van der Waals surface area contributed by atoms with E-state index in [0.29, 0.717) is 11.4 Å². The van der Waals surface area contributed by atoms with E-state index < -0.39 is 6.10 Å². The van der Waals surface area contributed by atoms with Crippen molar-refractivity contribution in [3.8, 4) is 5.75 Å². The minimum atomic E-state index is -0.793. The number of ether oxygens (including phenoxy) is 1. The molecule has 0 amide bonds. The van der Waals surface area contributed by atoms with E-state index in [2.05, 4.69) is 10.1 Å². The Morgan fingerprint density at radius 2 is 2.11 bits per heavy atom. The van der Waals surface area contributed by atoms with Gasteiger partial charge >= 0.3 is 0 Å². The van der Waals surface area contributed by atoms with Crippen molar-refractivity contribution in [2.75, 3.05) is 7.11 Å². The summed E-state index contributed by atoms with van der Waals surface area (Å²) in [5, 5.41) is 14.7. The SMILES string of the molecule is COc1cnn(C(C)C)c1C(O)c1cccnc1. The highest BCUT2D eigenvalue weighted by Crippen LogP contribution is 2.31. The number of nitrogens with zero attached hydrogens (tertiary/aromatic N) is 3. The summed E-state index contributed by atoms with van der Waals surface area (Å²) in [6, 6.07) is 3.77. The van der Waals surface area contributed by atoms with E-state index in [0.717, 1.165) is 5.56 Å². The molecule has 96 valence electrons. The molecule has 2 aromatic heterocycles. The van der Waals surface area contributed by atoms with Crippen LogP contribution in [0, 0.1) is 0 Å². The normalized spacial score (nSPS) is 12.7. The molecule has 0 saturated carbocycles. The first-order valence-corrected chi connectivity index (χ1v) is 5.84. The molecule has 0 spiro atoms. The fourth-order valence-electron chi connectivity index (χ4n) is 1.88. The van der Waals surface area contributed by atoms with E-state index in [9.17, 15) is 5.11 Å². The van der Waals surface area contributed by atoms with Gasteiger partial charge in [-0.3, -0.25) is 9.67 Å². The Bertz CT molecular complexity index is 508. The van der Waals surface area contributed by atoms with Crippen LogP contribution in [0.25, 0.3) is 0 Å². The minimum Gasteiger partial charge on any atom is -0.493 e. The number of pyridine rings is 1. The number of methoxy groups -OCH3 is 1. The Morgan fingerprint density at radius 1 is 1.33 bits per heavy atom. The predicted molar refractivity (Wildman–Crippen MR) is 67.5 cm³/mol. The summed E-state index contributed by atoms with van der Waals surface area (Å²) in [7, 11) is 1.57. The lowest BCUT2D eigenvalue weighted by molar-refractivity contribution is 0.199. The first-order valence-electron chi connectivity index (χ1n) is 5.84. The van der Waals surface area contributed by atoms with Gasteiger partial charge in [0.2, 0.25) is 0 Å². The maximum atomic E-state index is 10.4. The van der Waals surface area contributed by atoms with Crippen molar-refractivity contribution in [2.24, 2.45) is 0 Å². The summed E-state index contributed by atoms with van der Waals surface area (Å²) in [5.74, 6) is 0.583. The first kappa shape index (κ1) is 12.6. The molecule has 0 saturated heterocycles. The number of aliphatic hydroxyl groups excluding tert-OH is 1. The van der Waals surface area contributed by atoms with E-state index >= 15 is 0 Å². The third kappa shape index (κ3) is 2.22. The van der Waals surface area contributed by atoms with Crippen LogP contribution in [0.5, 0.6) is 5.75 Å². The summed E-state index contributed by atoms with van der Waals surface area (Å²) in [6.07, 6.45) is 4.14. The molecule has 2 aromatic rings. The molecule has 0 bridgehead atoms. The Balaban J connectivity index is 2.46. The van der Waals surface area contributed by atoms with E-state index in [1.54, 1.807) is 36.4 Å². The van der Waals surface area contributed by atoms with Crippen LogP contribution in [0.2, 0.25) is 0 Å². The molecule has 0 fully saturated rings. The molecule has 1 N–H and O–H groups in total. The molecule has 0 aliphatic rings. The molecule has 5 heteroatoms. The van der Waals surface area contributed by atoms with Crippen LogP contribution in [0.15, 0.2) is 30.7 Å². The fourth-order valence-corrected chi connectivity index (χ4v) is 1.88. The lowest BCUT2D eigenvalue weighted by atomic mass is 10.1. The summed E-state index contributed by atoms with van der Waals surface area (Å²) in [4.78, 5) is 4.02. The Kier molecular flexibility index (Phi) is 3.62. The molecule has 1 atom stereocenters. The van der Waals surface area contributed by atoms with Crippen LogP contribution < -0.4 is 4.74 Å². The average molecular weight is 247 g/mol. The molecular weight excluding hydrogens is 230 g/mol. The van der Waals surface area contributed by atoms with E-state index in [4.69, 9.17) is 4.74 Å². The van der Waals surface area contributed by atoms with E-state index in [1.165, 1.54) is 0 Å². The van der Waals surface area contributed by atoms with Crippen LogP contribution >= 0.6 is 0 Å². The van der Waals surface area contributed by atoms with Crippen molar-refractivity contribution in [1.82, 2.24) is 14.8 Å². The van der Waals surface area contributed by atoms with Gasteiger partial charge in [-0.2, -0.15) is 5.10 Å². The highest BCUT2D eigenvalue weighted by Gasteiger charge is 2.22. The molecule has 0 aliphatic heterocycles. The summed E-state index contributed by atoms with van der Waals surface area (Å²) >= 11 is 0. The van der Waals surface area contributed by atoms with Gasteiger partial charge < -0.3 is 9.84 Å². The highest BCUT2D eigenvalue weighted by molar-refractivity contribution is 5.34. The molecule has 0 aromatic carbocycles. The molecule has 2 heterocycles. The van der Waals surface area contributed by atoms with Crippen LogP contribution in [0.3, 0.4) is 0 Å². The number of aromatic nitrogens is 3. The zero-order chi connectivity index (χ0) is 13.1. The monoisotopic (exact) mass is 247 g/mol. The molecule has 5 nitrogen and oxygen atoms in total. The largest absolute Gasteiger partial charge is 0.493 e. The van der Waals surface area contributed by atoms with Gasteiger partial charge in [0.1, 0.15) is 11.8 Å². The van der Waals surface area contributed by atoms with Crippen molar-refractivity contribution in [3.63, 3.8) is 0 Å². The minimum absolute atomic E-state index is 0.148. The molecule has 0 aliphatic carbocycles. The lowest BCUT2D eigenvalue weighted by Crippen LogP contribution is -2.13. The summed E-state index contributed by atoms with van der Waals surface area (Å²) < 4.78 is 7.02. The second-order valence-corrected chi connectivity index (χ2v) is 4.33. The van der Waals surface area contributed by atoms with E-state index in [1.807, 2.05) is 19.9 Å². The number of hydrogen-bond acceptors (Lipinski definition) is 4. The number of aliphatic hydroxyl groups is 1. The molecule has 2 rings (SSSR count). The maximum absolute atomic E-state index is 10.4. The van der Waals surface area contributed by atoms with Gasteiger partial charge in [-0.15, -0.1) is 0 Å². The Morgan fingerprint density at radius 3 is 2.67 bits per heavy atom. The van der Waals surface area contributed by atoms with Gasteiger partial charge in [-0.1, -0.05) is 6.07 Å². The second kappa shape index (κ2) is 5.18. The van der Waals surface area contributed by atoms with Gasteiger partial charge in [0, 0.05) is 24.0 Å².